The van der Waals surface area contributed by atoms with Crippen LogP contribution in [0.5, 0.6) is 0 Å². The van der Waals surface area contributed by atoms with Crippen molar-refractivity contribution in [3.63, 3.8) is 0 Å². The Morgan fingerprint density at radius 1 is 1.00 bits per heavy atom. The number of rotatable bonds is 0. The van der Waals surface area contributed by atoms with Crippen molar-refractivity contribution in [1.82, 2.24) is 0 Å². The standard InChI is InChI=1S/C9H18O/c1-6-4-9(10)5-7(2)8(6)3/h6-10H,4-5H2,1-3H3/t6-,7-,8?,9?/m0/s1. The molecule has 1 aliphatic carbocycles. The van der Waals surface area contributed by atoms with Crippen molar-refractivity contribution >= 4 is 0 Å². The second-order valence-corrected chi connectivity index (χ2v) is 3.94. The third-order valence-electron chi connectivity index (χ3n) is 3.08. The zero-order valence-electron chi connectivity index (χ0n) is 7.17. The second kappa shape index (κ2) is 2.91. The summed E-state index contributed by atoms with van der Waals surface area (Å²) in [5.74, 6) is 2.21. The predicted molar refractivity (Wildman–Crippen MR) is 42.7 cm³/mol. The lowest BCUT2D eigenvalue weighted by molar-refractivity contribution is 0.0467. The largest absolute Gasteiger partial charge is 0.393 e. The molecule has 0 amide bonds. The Kier molecular flexibility index (Phi) is 2.35. The number of hydrogen-bond donors (Lipinski definition) is 1. The van der Waals surface area contributed by atoms with E-state index in [9.17, 15) is 5.11 Å². The lowest BCUT2D eigenvalue weighted by Crippen LogP contribution is -2.30. The Labute approximate surface area is 63.4 Å². The minimum Gasteiger partial charge on any atom is -0.393 e. The number of aliphatic hydroxyl groups excluding tert-OH is 1. The maximum Gasteiger partial charge on any atom is 0.0545 e. The van der Waals surface area contributed by atoms with Gasteiger partial charge in [-0.1, -0.05) is 20.8 Å². The first-order valence-corrected chi connectivity index (χ1v) is 4.29. The van der Waals surface area contributed by atoms with E-state index in [0.29, 0.717) is 11.8 Å². The van der Waals surface area contributed by atoms with Crippen molar-refractivity contribution in [1.29, 1.82) is 0 Å². The van der Waals surface area contributed by atoms with Crippen molar-refractivity contribution in [2.24, 2.45) is 17.8 Å². The molecule has 2 atom stereocenters. The molecule has 1 saturated carbocycles. The van der Waals surface area contributed by atoms with Crippen molar-refractivity contribution in [3.05, 3.63) is 0 Å². The van der Waals surface area contributed by atoms with E-state index >= 15 is 0 Å². The molecule has 60 valence electrons. The van der Waals surface area contributed by atoms with Crippen LogP contribution in [0.1, 0.15) is 33.6 Å². The van der Waals surface area contributed by atoms with Gasteiger partial charge in [-0.25, -0.2) is 0 Å². The van der Waals surface area contributed by atoms with E-state index in [-0.39, 0.29) is 6.10 Å². The fourth-order valence-electron chi connectivity index (χ4n) is 1.94. The van der Waals surface area contributed by atoms with Gasteiger partial charge in [0.2, 0.25) is 0 Å². The van der Waals surface area contributed by atoms with Gasteiger partial charge in [0.05, 0.1) is 6.10 Å². The molecule has 1 nitrogen and oxygen atoms in total. The molecular formula is C9H18O. The number of hydrogen-bond acceptors (Lipinski definition) is 1. The van der Waals surface area contributed by atoms with E-state index in [0.717, 1.165) is 18.8 Å². The maximum atomic E-state index is 9.37. The van der Waals surface area contributed by atoms with E-state index in [1.807, 2.05) is 0 Å². The van der Waals surface area contributed by atoms with Crippen LogP contribution >= 0.6 is 0 Å². The molecule has 1 aliphatic rings. The second-order valence-electron chi connectivity index (χ2n) is 3.94. The summed E-state index contributed by atoms with van der Waals surface area (Å²) < 4.78 is 0. The summed E-state index contributed by atoms with van der Waals surface area (Å²) in [5.41, 5.74) is 0. The third kappa shape index (κ3) is 1.51. The first-order chi connectivity index (χ1) is 4.61. The van der Waals surface area contributed by atoms with Gasteiger partial charge in [0.1, 0.15) is 0 Å². The first-order valence-electron chi connectivity index (χ1n) is 4.29. The SMILES string of the molecule is CC1[C@@H](C)CC(O)C[C@@H]1C. The molecule has 0 saturated heterocycles. The van der Waals surface area contributed by atoms with Gasteiger partial charge in [-0.15, -0.1) is 0 Å². The highest BCUT2D eigenvalue weighted by Gasteiger charge is 2.28. The molecule has 10 heavy (non-hydrogen) atoms. The predicted octanol–water partition coefficient (Wildman–Crippen LogP) is 2.05. The fraction of sp³-hybridized carbons (Fsp3) is 1.00. The van der Waals surface area contributed by atoms with E-state index in [4.69, 9.17) is 0 Å². The maximum absolute atomic E-state index is 9.37. The Balaban J connectivity index is 2.49. The molecule has 0 aromatic rings. The normalized spacial score (nSPS) is 49.2. The summed E-state index contributed by atoms with van der Waals surface area (Å²) in [6.07, 6.45) is 1.98. The first kappa shape index (κ1) is 8.06. The summed E-state index contributed by atoms with van der Waals surface area (Å²) in [4.78, 5) is 0. The van der Waals surface area contributed by atoms with Crippen LogP contribution < -0.4 is 0 Å². The summed E-state index contributed by atoms with van der Waals surface area (Å²) in [6, 6.07) is 0. The molecule has 0 aromatic heterocycles. The van der Waals surface area contributed by atoms with Crippen molar-refractivity contribution in [3.8, 4) is 0 Å². The van der Waals surface area contributed by atoms with Crippen LogP contribution in [0.25, 0.3) is 0 Å². The molecule has 0 spiro atoms. The van der Waals surface area contributed by atoms with Crippen LogP contribution in [0.2, 0.25) is 0 Å². The summed E-state index contributed by atoms with van der Waals surface area (Å²) in [5, 5.41) is 9.37. The average Bonchev–Trinajstić information content (AvgIpc) is 1.82. The van der Waals surface area contributed by atoms with Crippen LogP contribution in [0.3, 0.4) is 0 Å². The molecule has 1 heteroatoms. The topological polar surface area (TPSA) is 20.2 Å². The van der Waals surface area contributed by atoms with Crippen molar-refractivity contribution < 1.29 is 5.11 Å². The molecule has 0 aromatic carbocycles. The van der Waals surface area contributed by atoms with Gasteiger partial charge in [0, 0.05) is 0 Å². The molecule has 0 bridgehead atoms. The van der Waals surface area contributed by atoms with Gasteiger partial charge in [-0.3, -0.25) is 0 Å². The smallest absolute Gasteiger partial charge is 0.0545 e. The summed E-state index contributed by atoms with van der Waals surface area (Å²) >= 11 is 0. The molecule has 0 unspecified atom stereocenters. The lowest BCUT2D eigenvalue weighted by Gasteiger charge is -2.34. The van der Waals surface area contributed by atoms with Crippen LogP contribution in [0, 0.1) is 17.8 Å². The number of aliphatic hydroxyl groups is 1. The highest BCUT2D eigenvalue weighted by Crippen LogP contribution is 2.33. The molecule has 0 radical (unpaired) electrons. The molecule has 0 heterocycles. The molecular weight excluding hydrogens is 124 g/mol. The third-order valence-corrected chi connectivity index (χ3v) is 3.08. The van der Waals surface area contributed by atoms with Crippen LogP contribution in [0.4, 0.5) is 0 Å². The van der Waals surface area contributed by atoms with E-state index < -0.39 is 0 Å². The highest BCUT2D eigenvalue weighted by molar-refractivity contribution is 4.79. The van der Waals surface area contributed by atoms with Gasteiger partial charge in [0.15, 0.2) is 0 Å². The average molecular weight is 142 g/mol. The van der Waals surface area contributed by atoms with Crippen LogP contribution in [-0.4, -0.2) is 11.2 Å². The minimum absolute atomic E-state index is 0.0267. The van der Waals surface area contributed by atoms with Gasteiger partial charge < -0.3 is 5.11 Å². The van der Waals surface area contributed by atoms with E-state index in [1.54, 1.807) is 0 Å². The highest BCUT2D eigenvalue weighted by atomic mass is 16.3. The van der Waals surface area contributed by atoms with Gasteiger partial charge >= 0.3 is 0 Å². The van der Waals surface area contributed by atoms with E-state index in [1.165, 1.54) is 0 Å². The molecule has 1 fully saturated rings. The molecule has 1 rings (SSSR count). The molecule has 0 aliphatic heterocycles. The monoisotopic (exact) mass is 142 g/mol. The minimum atomic E-state index is -0.0267. The summed E-state index contributed by atoms with van der Waals surface area (Å²) in [6.45, 7) is 6.77. The van der Waals surface area contributed by atoms with Crippen molar-refractivity contribution in [2.45, 2.75) is 39.7 Å². The van der Waals surface area contributed by atoms with Crippen molar-refractivity contribution in [2.75, 3.05) is 0 Å². The van der Waals surface area contributed by atoms with Crippen LogP contribution in [-0.2, 0) is 0 Å². The Bertz CT molecular complexity index is 99.3. The zero-order chi connectivity index (χ0) is 7.72. The van der Waals surface area contributed by atoms with Gasteiger partial charge in [-0.2, -0.15) is 0 Å². The Morgan fingerprint density at radius 2 is 1.40 bits per heavy atom. The quantitative estimate of drug-likeness (QED) is 0.549. The Morgan fingerprint density at radius 3 is 1.80 bits per heavy atom. The molecule has 1 N–H and O–H groups in total. The van der Waals surface area contributed by atoms with Gasteiger partial charge in [0.25, 0.3) is 0 Å². The summed E-state index contributed by atoms with van der Waals surface area (Å²) in [7, 11) is 0. The lowest BCUT2D eigenvalue weighted by atomic mass is 9.73. The fourth-order valence-corrected chi connectivity index (χ4v) is 1.94. The van der Waals surface area contributed by atoms with Gasteiger partial charge in [-0.05, 0) is 30.6 Å². The van der Waals surface area contributed by atoms with Crippen LogP contribution in [0.15, 0.2) is 0 Å². The Hall–Kier alpha value is -0.0400. The zero-order valence-corrected chi connectivity index (χ0v) is 7.17. The van der Waals surface area contributed by atoms with E-state index in [2.05, 4.69) is 20.8 Å².